The molecule has 0 fully saturated rings. The lowest BCUT2D eigenvalue weighted by Crippen LogP contribution is -1.98. The molecule has 1 N–H and O–H groups in total. The Kier molecular flexibility index (Phi) is 27.8. The number of carboxylic acids is 1. The highest BCUT2D eigenvalue weighted by molar-refractivity contribution is 5.85. The molecule has 202 valence electrons. The molecule has 2 heteroatoms. The van der Waals surface area contributed by atoms with Gasteiger partial charge in [-0.1, -0.05) is 180 Å². The van der Waals surface area contributed by atoms with Crippen LogP contribution in [0.5, 0.6) is 0 Å². The molecule has 0 saturated carbocycles. The lowest BCUT2D eigenvalue weighted by Gasteiger charge is -2.04. The van der Waals surface area contributed by atoms with Crippen LogP contribution >= 0.6 is 0 Å². The number of unbranched alkanes of at least 4 members (excludes halogenated alkanes) is 26. The van der Waals surface area contributed by atoms with Gasteiger partial charge in [-0.2, -0.15) is 0 Å². The van der Waals surface area contributed by atoms with E-state index in [-0.39, 0.29) is 0 Å². The fourth-order valence-electron chi connectivity index (χ4n) is 4.94. The van der Waals surface area contributed by atoms with Gasteiger partial charge in [-0.3, -0.25) is 0 Å². The molecule has 0 spiro atoms. The predicted octanol–water partition coefficient (Wildman–Crippen LogP) is 11.6. The van der Waals surface area contributed by atoms with Crippen molar-refractivity contribution in [2.75, 3.05) is 0 Å². The molecule has 2 nitrogen and oxygen atoms in total. The molecule has 0 rings (SSSR count). The standard InChI is InChI=1S/C32H62O2/c1-3-4-5-6-7-8-9-10-11-12-13-14-15-16-17-18-19-20-21-22-23-24-25-26-27-28-29-30-31(2)32(33)34/h2-30H2,1H3,(H,33,34). The van der Waals surface area contributed by atoms with Crippen LogP contribution in [0.25, 0.3) is 0 Å². The summed E-state index contributed by atoms with van der Waals surface area (Å²) in [4.78, 5) is 10.7. The molecule has 0 atom stereocenters. The fourth-order valence-corrected chi connectivity index (χ4v) is 4.94. The second-order valence-corrected chi connectivity index (χ2v) is 10.9. The van der Waals surface area contributed by atoms with E-state index in [1.54, 1.807) is 0 Å². The van der Waals surface area contributed by atoms with Crippen molar-refractivity contribution in [3.63, 3.8) is 0 Å². The summed E-state index contributed by atoms with van der Waals surface area (Å²) in [7, 11) is 0. The predicted molar refractivity (Wildman–Crippen MR) is 152 cm³/mol. The minimum absolute atomic E-state index is 0.361. The van der Waals surface area contributed by atoms with Crippen LogP contribution in [0.4, 0.5) is 0 Å². The smallest absolute Gasteiger partial charge is 0.330 e. The molecular weight excluding hydrogens is 416 g/mol. The Morgan fingerprint density at radius 1 is 0.441 bits per heavy atom. The number of carboxylic acid groups (broad SMARTS) is 1. The van der Waals surface area contributed by atoms with Gasteiger partial charge in [-0.15, -0.1) is 0 Å². The van der Waals surface area contributed by atoms with Gasteiger partial charge in [0.1, 0.15) is 0 Å². The lowest BCUT2D eigenvalue weighted by atomic mass is 10.0. The van der Waals surface area contributed by atoms with Gasteiger partial charge in [0.05, 0.1) is 0 Å². The van der Waals surface area contributed by atoms with E-state index >= 15 is 0 Å². The first-order valence-corrected chi connectivity index (χ1v) is 15.6. The maximum atomic E-state index is 10.7. The molecule has 0 unspecified atom stereocenters. The van der Waals surface area contributed by atoms with Crippen LogP contribution in [-0.4, -0.2) is 11.1 Å². The van der Waals surface area contributed by atoms with Gasteiger partial charge in [-0.05, 0) is 12.8 Å². The molecule has 34 heavy (non-hydrogen) atoms. The lowest BCUT2D eigenvalue weighted by molar-refractivity contribution is -0.132. The van der Waals surface area contributed by atoms with E-state index in [2.05, 4.69) is 13.5 Å². The first-order valence-electron chi connectivity index (χ1n) is 15.6. The third kappa shape index (κ3) is 27.5. The summed E-state index contributed by atoms with van der Waals surface area (Å²) in [6, 6.07) is 0. The van der Waals surface area contributed by atoms with Crippen molar-refractivity contribution in [3.8, 4) is 0 Å². The Hall–Kier alpha value is -0.790. The number of rotatable bonds is 29. The highest BCUT2D eigenvalue weighted by atomic mass is 16.4. The summed E-state index contributed by atoms with van der Waals surface area (Å²) < 4.78 is 0. The zero-order valence-corrected chi connectivity index (χ0v) is 23.4. The van der Waals surface area contributed by atoms with Crippen molar-refractivity contribution in [3.05, 3.63) is 12.2 Å². The van der Waals surface area contributed by atoms with Crippen molar-refractivity contribution in [2.45, 2.75) is 187 Å². The second kappa shape index (κ2) is 28.4. The molecule has 0 saturated heterocycles. The van der Waals surface area contributed by atoms with E-state index in [1.807, 2.05) is 0 Å². The van der Waals surface area contributed by atoms with Crippen LogP contribution < -0.4 is 0 Å². The molecule has 0 aromatic carbocycles. The molecule has 0 aliphatic heterocycles. The second-order valence-electron chi connectivity index (χ2n) is 10.9. The molecule has 0 radical (unpaired) electrons. The van der Waals surface area contributed by atoms with Gasteiger partial charge in [0, 0.05) is 5.57 Å². The Balaban J connectivity index is 3.05. The van der Waals surface area contributed by atoms with Gasteiger partial charge >= 0.3 is 5.97 Å². The Bertz CT molecular complexity index is 429. The monoisotopic (exact) mass is 478 g/mol. The van der Waals surface area contributed by atoms with Crippen LogP contribution in [0.3, 0.4) is 0 Å². The zero-order valence-electron chi connectivity index (χ0n) is 23.4. The van der Waals surface area contributed by atoms with E-state index in [9.17, 15) is 4.79 Å². The summed E-state index contributed by atoms with van der Waals surface area (Å²) in [5.74, 6) is -0.838. The molecule has 0 bridgehead atoms. The quantitative estimate of drug-likeness (QED) is 0.0857. The summed E-state index contributed by atoms with van der Waals surface area (Å²) in [6.07, 6.45) is 38.5. The third-order valence-corrected chi connectivity index (χ3v) is 7.38. The van der Waals surface area contributed by atoms with E-state index < -0.39 is 5.97 Å². The Labute approximate surface area is 214 Å². The average molecular weight is 479 g/mol. The average Bonchev–Trinajstić information content (AvgIpc) is 2.83. The molecule has 0 heterocycles. The molecule has 0 aliphatic rings. The minimum Gasteiger partial charge on any atom is -0.478 e. The van der Waals surface area contributed by atoms with Gasteiger partial charge in [-0.25, -0.2) is 4.79 Å². The van der Waals surface area contributed by atoms with Crippen LogP contribution in [0, 0.1) is 0 Å². The number of aliphatic carboxylic acids is 1. The SMILES string of the molecule is C=C(CCCCCCCCCCCCCCCCCCCCCCCCCCCCC)C(=O)O. The maximum absolute atomic E-state index is 10.7. The van der Waals surface area contributed by atoms with E-state index in [0.29, 0.717) is 12.0 Å². The van der Waals surface area contributed by atoms with Gasteiger partial charge in [0.2, 0.25) is 0 Å². The molecule has 0 aromatic rings. The van der Waals surface area contributed by atoms with Crippen LogP contribution in [0.1, 0.15) is 187 Å². The topological polar surface area (TPSA) is 37.3 Å². The van der Waals surface area contributed by atoms with Gasteiger partial charge < -0.3 is 5.11 Å². The van der Waals surface area contributed by atoms with Crippen LogP contribution in [-0.2, 0) is 4.79 Å². The largest absolute Gasteiger partial charge is 0.478 e. The first-order chi connectivity index (χ1) is 16.7. The van der Waals surface area contributed by atoms with Crippen LogP contribution in [0.15, 0.2) is 12.2 Å². The van der Waals surface area contributed by atoms with E-state index in [1.165, 1.54) is 161 Å². The van der Waals surface area contributed by atoms with E-state index in [0.717, 1.165) is 12.8 Å². The molecular formula is C32H62O2. The zero-order chi connectivity index (χ0) is 25.0. The fraction of sp³-hybridized carbons (Fsp3) is 0.906. The molecule has 0 aliphatic carbocycles. The van der Waals surface area contributed by atoms with Crippen molar-refractivity contribution < 1.29 is 9.90 Å². The van der Waals surface area contributed by atoms with Crippen molar-refractivity contribution >= 4 is 5.97 Å². The summed E-state index contributed by atoms with van der Waals surface area (Å²) >= 11 is 0. The minimum atomic E-state index is -0.838. The third-order valence-electron chi connectivity index (χ3n) is 7.38. The Morgan fingerprint density at radius 3 is 0.853 bits per heavy atom. The van der Waals surface area contributed by atoms with Gasteiger partial charge in [0.15, 0.2) is 0 Å². The number of hydrogen-bond acceptors (Lipinski definition) is 1. The number of hydrogen-bond donors (Lipinski definition) is 1. The highest BCUT2D eigenvalue weighted by Gasteiger charge is 2.02. The Morgan fingerprint density at radius 2 is 0.647 bits per heavy atom. The molecule has 0 aromatic heterocycles. The summed E-state index contributed by atoms with van der Waals surface area (Å²) in [5.41, 5.74) is 0.361. The first kappa shape index (κ1) is 33.2. The van der Waals surface area contributed by atoms with Gasteiger partial charge in [0.25, 0.3) is 0 Å². The highest BCUT2D eigenvalue weighted by Crippen LogP contribution is 2.16. The van der Waals surface area contributed by atoms with Crippen molar-refractivity contribution in [1.82, 2.24) is 0 Å². The summed E-state index contributed by atoms with van der Waals surface area (Å²) in [6.45, 7) is 5.88. The number of carbonyl (C=O) groups is 1. The van der Waals surface area contributed by atoms with Crippen molar-refractivity contribution in [1.29, 1.82) is 0 Å². The normalized spacial score (nSPS) is 11.2. The maximum Gasteiger partial charge on any atom is 0.330 e. The van der Waals surface area contributed by atoms with E-state index in [4.69, 9.17) is 5.11 Å². The summed E-state index contributed by atoms with van der Waals surface area (Å²) in [5, 5.41) is 8.78. The molecule has 0 amide bonds. The van der Waals surface area contributed by atoms with Crippen LogP contribution in [0.2, 0.25) is 0 Å². The van der Waals surface area contributed by atoms with Crippen molar-refractivity contribution in [2.24, 2.45) is 0 Å².